The van der Waals surface area contributed by atoms with Crippen LogP contribution in [-0.2, 0) is 16.4 Å². The number of anilines is 3. The van der Waals surface area contributed by atoms with Gasteiger partial charge in [0.25, 0.3) is 10.9 Å². The number of sulfonamides is 1. The summed E-state index contributed by atoms with van der Waals surface area (Å²) in [6, 6.07) is 10.2. The van der Waals surface area contributed by atoms with Crippen molar-refractivity contribution < 1.29 is 13.5 Å². The van der Waals surface area contributed by atoms with E-state index < -0.39 is 31.5 Å². The van der Waals surface area contributed by atoms with Crippen molar-refractivity contribution in [3.8, 4) is 5.75 Å². The van der Waals surface area contributed by atoms with E-state index in [0.29, 0.717) is 0 Å². The van der Waals surface area contributed by atoms with Crippen LogP contribution in [0.1, 0.15) is 31.0 Å². The minimum absolute atomic E-state index is 0.0597. The van der Waals surface area contributed by atoms with Gasteiger partial charge in [-0.25, -0.2) is 13.1 Å². The number of nitrogens with one attached hydrogen (secondary N) is 3. The van der Waals surface area contributed by atoms with E-state index in [9.17, 15) is 23.1 Å². The van der Waals surface area contributed by atoms with E-state index in [-0.39, 0.29) is 28.1 Å². The molecule has 3 aromatic rings. The summed E-state index contributed by atoms with van der Waals surface area (Å²) in [7, 11) is -2.88. The zero-order chi connectivity index (χ0) is 22.9. The summed E-state index contributed by atoms with van der Waals surface area (Å²) in [6.07, 6.45) is 0.907. The van der Waals surface area contributed by atoms with Gasteiger partial charge in [-0.05, 0) is 43.7 Å². The highest BCUT2D eigenvalue weighted by molar-refractivity contribution is 7.89. The van der Waals surface area contributed by atoms with Crippen molar-refractivity contribution in [1.29, 1.82) is 0 Å². The second kappa shape index (κ2) is 8.70. The Morgan fingerprint density at radius 1 is 1.03 bits per heavy atom. The molecule has 0 radical (unpaired) electrons. The first kappa shape index (κ1) is 22.8. The van der Waals surface area contributed by atoms with E-state index in [2.05, 4.69) is 22.3 Å². The zero-order valence-electron chi connectivity index (χ0n) is 17.1. The molecule has 0 bridgehead atoms. The maximum atomic E-state index is 12.2. The average molecular weight is 464 g/mol. The van der Waals surface area contributed by atoms with Gasteiger partial charge in [-0.1, -0.05) is 42.8 Å². The molecule has 164 valence electrons. The van der Waals surface area contributed by atoms with Gasteiger partial charge in [0.05, 0.1) is 10.7 Å². The fourth-order valence-electron chi connectivity index (χ4n) is 3.13. The average Bonchev–Trinajstić information content (AvgIpc) is 2.76. The molecule has 31 heavy (non-hydrogen) atoms. The van der Waals surface area contributed by atoms with Gasteiger partial charge in [0.2, 0.25) is 10.0 Å². The van der Waals surface area contributed by atoms with Crippen LogP contribution in [0.4, 0.5) is 17.1 Å². The third-order valence-electron chi connectivity index (χ3n) is 5.04. The molecule has 3 aromatic carbocycles. The highest BCUT2D eigenvalue weighted by atomic mass is 35.5. The molecule has 0 saturated carbocycles. The summed E-state index contributed by atoms with van der Waals surface area (Å²) in [5.41, 5.74) is 0.551. The molecular weight excluding hydrogens is 442 g/mol. The fourth-order valence-corrected chi connectivity index (χ4v) is 4.48. The lowest BCUT2D eigenvalue weighted by molar-refractivity contribution is 0.461. The molecule has 4 N–H and O–H groups in total. The molecule has 0 spiro atoms. The van der Waals surface area contributed by atoms with Crippen LogP contribution < -0.4 is 26.2 Å². The number of halogens is 1. The van der Waals surface area contributed by atoms with Crippen molar-refractivity contribution in [1.82, 2.24) is 4.72 Å². The molecule has 1 atom stereocenters. The van der Waals surface area contributed by atoms with Gasteiger partial charge in [0, 0.05) is 6.04 Å². The summed E-state index contributed by atoms with van der Waals surface area (Å²) in [6.45, 7) is 3.90. The summed E-state index contributed by atoms with van der Waals surface area (Å²) in [5.74, 6) is -0.663. The molecule has 0 aliphatic heterocycles. The van der Waals surface area contributed by atoms with Crippen molar-refractivity contribution in [2.75, 3.05) is 17.7 Å². The van der Waals surface area contributed by atoms with Gasteiger partial charge in [-0.3, -0.25) is 9.59 Å². The first-order valence-electron chi connectivity index (χ1n) is 9.51. The minimum atomic E-state index is -4.06. The Hall–Kier alpha value is -2.88. The van der Waals surface area contributed by atoms with Crippen LogP contribution in [0.15, 0.2) is 50.9 Å². The summed E-state index contributed by atoms with van der Waals surface area (Å²) >= 11 is 5.94. The van der Waals surface area contributed by atoms with Crippen LogP contribution in [-0.4, -0.2) is 20.6 Å². The van der Waals surface area contributed by atoms with Crippen molar-refractivity contribution in [3.63, 3.8) is 0 Å². The van der Waals surface area contributed by atoms with Gasteiger partial charge < -0.3 is 15.7 Å². The van der Waals surface area contributed by atoms with Crippen LogP contribution in [0.2, 0.25) is 5.02 Å². The third kappa shape index (κ3) is 4.30. The van der Waals surface area contributed by atoms with Gasteiger partial charge in [-0.15, -0.1) is 0 Å². The van der Waals surface area contributed by atoms with Gasteiger partial charge in [0.15, 0.2) is 5.75 Å². The van der Waals surface area contributed by atoms with Crippen LogP contribution in [0.25, 0.3) is 0 Å². The van der Waals surface area contributed by atoms with E-state index in [1.54, 1.807) is 0 Å². The summed E-state index contributed by atoms with van der Waals surface area (Å²) in [5, 5.41) is 15.9. The molecule has 0 heterocycles. The summed E-state index contributed by atoms with van der Waals surface area (Å²) in [4.78, 5) is 23.8. The molecule has 0 fully saturated rings. The molecule has 0 aliphatic carbocycles. The highest BCUT2D eigenvalue weighted by Crippen LogP contribution is 2.38. The molecule has 1 unspecified atom stereocenters. The number of hydrogen-bond donors (Lipinski definition) is 4. The topological polar surface area (TPSA) is 125 Å². The Kier molecular flexibility index (Phi) is 6.40. The van der Waals surface area contributed by atoms with Gasteiger partial charge in [0.1, 0.15) is 16.3 Å². The molecule has 0 amide bonds. The Balaban J connectivity index is 1.91. The quantitative estimate of drug-likeness (QED) is 0.299. The largest absolute Gasteiger partial charge is 0.504 e. The molecular formula is C21H22ClN3O5S. The van der Waals surface area contributed by atoms with Gasteiger partial charge in [-0.2, -0.15) is 0 Å². The molecule has 0 aliphatic rings. The number of phenolic OH excluding ortho intramolecular Hbond substituents is 1. The van der Waals surface area contributed by atoms with E-state index in [1.165, 1.54) is 24.7 Å². The third-order valence-corrected chi connectivity index (χ3v) is 6.95. The van der Waals surface area contributed by atoms with Crippen LogP contribution in [0.5, 0.6) is 5.75 Å². The molecule has 8 nitrogen and oxygen atoms in total. The minimum Gasteiger partial charge on any atom is -0.504 e. The first-order chi connectivity index (χ1) is 14.6. The fraction of sp³-hybridized carbons (Fsp3) is 0.238. The maximum Gasteiger partial charge on any atom is 0.253 e. The Morgan fingerprint density at radius 2 is 1.65 bits per heavy atom. The SMILES string of the molecule is CCc1ccc(C(C)Nc2c(Nc3ccc(Cl)c(S(=O)(=O)NC)c3O)c(=O)c2=O)cc1. The standard InChI is InChI=1S/C21H22ClN3O5S/c1-4-12-5-7-13(8-6-12)11(2)24-16-17(20(28)19(16)27)25-15-10-9-14(22)21(18(15)26)31(29,30)23-3/h5-11,23-26H,4H2,1-3H3. The maximum absolute atomic E-state index is 12.2. The van der Waals surface area contributed by atoms with E-state index in [0.717, 1.165) is 12.0 Å². The number of benzene rings is 2. The Bertz CT molecular complexity index is 1300. The lowest BCUT2D eigenvalue weighted by atomic mass is 10.0. The van der Waals surface area contributed by atoms with Gasteiger partial charge >= 0.3 is 0 Å². The number of hydrogen-bond acceptors (Lipinski definition) is 7. The number of aromatic hydroxyl groups is 1. The van der Waals surface area contributed by atoms with Crippen LogP contribution in [0, 0.1) is 0 Å². The number of phenols is 1. The predicted octanol–water partition coefficient (Wildman–Crippen LogP) is 3.03. The van der Waals surface area contributed by atoms with E-state index >= 15 is 0 Å². The highest BCUT2D eigenvalue weighted by Gasteiger charge is 2.27. The van der Waals surface area contributed by atoms with Crippen molar-refractivity contribution in [2.24, 2.45) is 0 Å². The lowest BCUT2D eigenvalue weighted by Gasteiger charge is -2.21. The number of aryl methyl sites for hydroxylation is 1. The number of rotatable bonds is 8. The lowest BCUT2D eigenvalue weighted by Crippen LogP contribution is -2.37. The van der Waals surface area contributed by atoms with E-state index in [4.69, 9.17) is 11.6 Å². The Morgan fingerprint density at radius 3 is 2.23 bits per heavy atom. The van der Waals surface area contributed by atoms with Crippen molar-refractivity contribution in [2.45, 2.75) is 31.2 Å². The molecule has 3 rings (SSSR count). The second-order valence-corrected chi connectivity index (χ2v) is 9.21. The summed E-state index contributed by atoms with van der Waals surface area (Å²) < 4.78 is 26.4. The van der Waals surface area contributed by atoms with Crippen molar-refractivity contribution in [3.05, 3.63) is 73.0 Å². The molecule has 0 aromatic heterocycles. The second-order valence-electron chi connectivity index (χ2n) is 6.97. The van der Waals surface area contributed by atoms with E-state index in [1.807, 2.05) is 31.2 Å². The predicted molar refractivity (Wildman–Crippen MR) is 122 cm³/mol. The Labute approximate surface area is 184 Å². The van der Waals surface area contributed by atoms with Crippen LogP contribution in [0.3, 0.4) is 0 Å². The molecule has 10 heteroatoms. The smallest absolute Gasteiger partial charge is 0.253 e. The van der Waals surface area contributed by atoms with Crippen LogP contribution >= 0.6 is 11.6 Å². The van der Waals surface area contributed by atoms with Crippen molar-refractivity contribution >= 4 is 38.7 Å². The molecule has 0 saturated heterocycles. The normalized spacial score (nSPS) is 12.6. The monoisotopic (exact) mass is 463 g/mol. The first-order valence-corrected chi connectivity index (χ1v) is 11.4. The zero-order valence-corrected chi connectivity index (χ0v) is 18.7.